The molecule has 0 aliphatic rings. The van der Waals surface area contributed by atoms with E-state index in [1.807, 2.05) is 24.3 Å². The van der Waals surface area contributed by atoms with Crippen molar-refractivity contribution in [3.63, 3.8) is 0 Å². The van der Waals surface area contributed by atoms with Gasteiger partial charge in [-0.2, -0.15) is 0 Å². The van der Waals surface area contributed by atoms with Crippen LogP contribution in [0.25, 0.3) is 10.8 Å². The van der Waals surface area contributed by atoms with E-state index >= 15 is 0 Å². The molecule has 0 heterocycles. The highest BCUT2D eigenvalue weighted by atomic mass is 16.5. The molecule has 3 heteroatoms. The van der Waals surface area contributed by atoms with Crippen molar-refractivity contribution in [2.45, 2.75) is 0 Å². The first kappa shape index (κ1) is 12.9. The van der Waals surface area contributed by atoms with Crippen LogP contribution >= 0.6 is 0 Å². The lowest BCUT2D eigenvalue weighted by Gasteiger charge is -2.16. The Balaban J connectivity index is 1.99. The largest absolute Gasteiger partial charge is 0.492 e. The van der Waals surface area contributed by atoms with Gasteiger partial charge in [0.1, 0.15) is 12.4 Å². The van der Waals surface area contributed by atoms with Gasteiger partial charge in [-0.15, -0.1) is 0 Å². The number of fused-ring (bicyclic) bond motifs is 1. The van der Waals surface area contributed by atoms with Gasteiger partial charge in [0.15, 0.2) is 0 Å². The normalized spacial score (nSPS) is 11.1. The van der Waals surface area contributed by atoms with Gasteiger partial charge in [-0.1, -0.05) is 36.4 Å². The maximum atomic E-state index is 5.85. The van der Waals surface area contributed by atoms with Crippen molar-refractivity contribution in [1.82, 2.24) is 4.90 Å². The summed E-state index contributed by atoms with van der Waals surface area (Å²) in [6.07, 6.45) is 0. The molecule has 2 rings (SSSR count). The number of nitrogens with two attached hydrogens (primary N) is 1. The number of benzene rings is 2. The van der Waals surface area contributed by atoms with Crippen molar-refractivity contribution in [3.05, 3.63) is 42.5 Å². The number of ether oxygens (including phenoxy) is 1. The molecule has 0 aliphatic heterocycles. The monoisotopic (exact) mass is 244 g/mol. The first-order chi connectivity index (χ1) is 8.81. The van der Waals surface area contributed by atoms with Crippen LogP contribution < -0.4 is 10.5 Å². The Bertz CT molecular complexity index is 493. The Labute approximate surface area is 108 Å². The van der Waals surface area contributed by atoms with E-state index in [0.29, 0.717) is 13.2 Å². The minimum atomic E-state index is 0.685. The Morgan fingerprint density at radius 3 is 2.67 bits per heavy atom. The SMILES string of the molecule is CN(CCN)CCOc1cccc2ccccc12. The van der Waals surface area contributed by atoms with Gasteiger partial charge in [-0.25, -0.2) is 0 Å². The van der Waals surface area contributed by atoms with Crippen LogP contribution in [-0.2, 0) is 0 Å². The minimum Gasteiger partial charge on any atom is -0.492 e. The van der Waals surface area contributed by atoms with Crippen LogP contribution in [-0.4, -0.2) is 38.2 Å². The predicted octanol–water partition coefficient (Wildman–Crippen LogP) is 2.11. The molecular formula is C15H20N2O. The number of rotatable bonds is 6. The van der Waals surface area contributed by atoms with Gasteiger partial charge in [0.25, 0.3) is 0 Å². The van der Waals surface area contributed by atoms with E-state index in [1.165, 1.54) is 10.8 Å². The standard InChI is InChI=1S/C15H20N2O/c1-17(10-9-16)11-12-18-15-8-4-6-13-5-2-3-7-14(13)15/h2-8H,9-12,16H2,1H3. The number of nitrogens with zero attached hydrogens (tertiary/aromatic N) is 1. The predicted molar refractivity (Wildman–Crippen MR) is 76.0 cm³/mol. The quantitative estimate of drug-likeness (QED) is 0.846. The number of likely N-dealkylation sites (N-methyl/N-ethyl adjacent to an activating group) is 1. The minimum absolute atomic E-state index is 0.685. The molecule has 0 spiro atoms. The van der Waals surface area contributed by atoms with E-state index in [1.54, 1.807) is 0 Å². The maximum absolute atomic E-state index is 5.85. The first-order valence-corrected chi connectivity index (χ1v) is 6.30. The van der Waals surface area contributed by atoms with Crippen LogP contribution in [0.2, 0.25) is 0 Å². The fourth-order valence-electron chi connectivity index (χ4n) is 1.97. The molecule has 96 valence electrons. The highest BCUT2D eigenvalue weighted by molar-refractivity contribution is 5.88. The van der Waals surface area contributed by atoms with Crippen molar-refractivity contribution < 1.29 is 4.74 Å². The molecule has 2 N–H and O–H groups in total. The van der Waals surface area contributed by atoms with Crippen molar-refractivity contribution in [2.75, 3.05) is 33.3 Å². The van der Waals surface area contributed by atoms with Gasteiger partial charge in [-0.05, 0) is 18.5 Å². The smallest absolute Gasteiger partial charge is 0.127 e. The van der Waals surface area contributed by atoms with Crippen LogP contribution in [0, 0.1) is 0 Å². The van der Waals surface area contributed by atoms with E-state index in [9.17, 15) is 0 Å². The molecule has 0 radical (unpaired) electrons. The summed E-state index contributed by atoms with van der Waals surface area (Å²) in [4.78, 5) is 2.17. The molecule has 2 aromatic carbocycles. The molecular weight excluding hydrogens is 224 g/mol. The summed E-state index contributed by atoms with van der Waals surface area (Å²) in [5, 5.41) is 2.38. The molecule has 0 amide bonds. The lowest BCUT2D eigenvalue weighted by atomic mass is 10.1. The number of hydrogen-bond acceptors (Lipinski definition) is 3. The summed E-state index contributed by atoms with van der Waals surface area (Å²) in [5.41, 5.74) is 5.50. The summed E-state index contributed by atoms with van der Waals surface area (Å²) in [6.45, 7) is 3.16. The summed E-state index contributed by atoms with van der Waals surface area (Å²) < 4.78 is 5.85. The average molecular weight is 244 g/mol. The second-order valence-electron chi connectivity index (χ2n) is 4.42. The van der Waals surface area contributed by atoms with Crippen LogP contribution in [0.1, 0.15) is 0 Å². The number of hydrogen-bond donors (Lipinski definition) is 1. The van der Waals surface area contributed by atoms with Gasteiger partial charge >= 0.3 is 0 Å². The molecule has 0 saturated carbocycles. The molecule has 0 unspecified atom stereocenters. The van der Waals surface area contributed by atoms with E-state index in [4.69, 9.17) is 10.5 Å². The summed E-state index contributed by atoms with van der Waals surface area (Å²) in [5.74, 6) is 0.953. The topological polar surface area (TPSA) is 38.5 Å². The Morgan fingerprint density at radius 1 is 1.06 bits per heavy atom. The molecule has 0 saturated heterocycles. The third kappa shape index (κ3) is 3.22. The van der Waals surface area contributed by atoms with Gasteiger partial charge < -0.3 is 15.4 Å². The molecule has 0 fully saturated rings. The highest BCUT2D eigenvalue weighted by Gasteiger charge is 2.02. The molecule has 2 aromatic rings. The Morgan fingerprint density at radius 2 is 1.83 bits per heavy atom. The van der Waals surface area contributed by atoms with E-state index in [0.717, 1.165) is 18.8 Å². The van der Waals surface area contributed by atoms with Crippen LogP contribution in [0.4, 0.5) is 0 Å². The maximum Gasteiger partial charge on any atom is 0.127 e. The first-order valence-electron chi connectivity index (χ1n) is 6.30. The third-order valence-electron chi connectivity index (χ3n) is 2.99. The Kier molecular flexibility index (Phi) is 4.56. The zero-order chi connectivity index (χ0) is 12.8. The van der Waals surface area contributed by atoms with Crippen LogP contribution in [0.3, 0.4) is 0 Å². The van der Waals surface area contributed by atoms with Crippen molar-refractivity contribution >= 4 is 10.8 Å². The summed E-state index contributed by atoms with van der Waals surface area (Å²) in [6, 6.07) is 14.4. The fraction of sp³-hybridized carbons (Fsp3) is 0.333. The lowest BCUT2D eigenvalue weighted by Crippen LogP contribution is -2.29. The lowest BCUT2D eigenvalue weighted by molar-refractivity contribution is 0.242. The zero-order valence-corrected chi connectivity index (χ0v) is 10.8. The molecule has 0 atom stereocenters. The third-order valence-corrected chi connectivity index (χ3v) is 2.99. The van der Waals surface area contributed by atoms with Gasteiger partial charge in [-0.3, -0.25) is 0 Å². The molecule has 0 aromatic heterocycles. The Hall–Kier alpha value is -1.58. The van der Waals surface area contributed by atoms with E-state index < -0.39 is 0 Å². The zero-order valence-electron chi connectivity index (χ0n) is 10.8. The summed E-state index contributed by atoms with van der Waals surface area (Å²) in [7, 11) is 2.05. The molecule has 0 bridgehead atoms. The molecule has 0 aliphatic carbocycles. The second kappa shape index (κ2) is 6.38. The second-order valence-corrected chi connectivity index (χ2v) is 4.42. The van der Waals surface area contributed by atoms with Crippen molar-refractivity contribution in [1.29, 1.82) is 0 Å². The van der Waals surface area contributed by atoms with Gasteiger partial charge in [0.2, 0.25) is 0 Å². The molecule has 18 heavy (non-hydrogen) atoms. The van der Waals surface area contributed by atoms with Gasteiger partial charge in [0, 0.05) is 25.0 Å². The fourth-order valence-corrected chi connectivity index (χ4v) is 1.97. The highest BCUT2D eigenvalue weighted by Crippen LogP contribution is 2.24. The summed E-state index contributed by atoms with van der Waals surface area (Å²) >= 11 is 0. The average Bonchev–Trinajstić information content (AvgIpc) is 2.39. The molecule has 3 nitrogen and oxygen atoms in total. The van der Waals surface area contributed by atoms with Crippen molar-refractivity contribution in [2.24, 2.45) is 5.73 Å². The van der Waals surface area contributed by atoms with E-state index in [2.05, 4.69) is 30.1 Å². The van der Waals surface area contributed by atoms with Crippen molar-refractivity contribution in [3.8, 4) is 5.75 Å². The van der Waals surface area contributed by atoms with Crippen LogP contribution in [0.5, 0.6) is 5.75 Å². The van der Waals surface area contributed by atoms with Gasteiger partial charge in [0.05, 0.1) is 0 Å². The van der Waals surface area contributed by atoms with E-state index in [-0.39, 0.29) is 0 Å². The van der Waals surface area contributed by atoms with Crippen LogP contribution in [0.15, 0.2) is 42.5 Å².